The summed E-state index contributed by atoms with van der Waals surface area (Å²) in [6.07, 6.45) is 3.01. The van der Waals surface area contributed by atoms with Crippen molar-refractivity contribution < 1.29 is 21.2 Å². The fourth-order valence-electron chi connectivity index (χ4n) is 3.48. The van der Waals surface area contributed by atoms with Crippen LogP contribution >= 0.6 is 0 Å². The molecule has 0 bridgehead atoms. The van der Waals surface area contributed by atoms with Gasteiger partial charge in [-0.05, 0) is 50.2 Å². The molecule has 0 aliphatic carbocycles. The number of hydrogen-bond donors (Lipinski definition) is 0. The van der Waals surface area contributed by atoms with Crippen LogP contribution in [0.25, 0.3) is 0 Å². The van der Waals surface area contributed by atoms with Crippen molar-refractivity contribution in [3.05, 3.63) is 30.1 Å². The lowest BCUT2D eigenvalue weighted by atomic mass is 10.1. The number of halogens is 1. The molecule has 2 fully saturated rings. The van der Waals surface area contributed by atoms with Gasteiger partial charge in [-0.25, -0.2) is 21.2 Å². The lowest BCUT2D eigenvalue weighted by Gasteiger charge is -2.34. The van der Waals surface area contributed by atoms with E-state index in [1.165, 1.54) is 12.1 Å². The van der Waals surface area contributed by atoms with Crippen LogP contribution < -0.4 is 0 Å². The van der Waals surface area contributed by atoms with Crippen LogP contribution in [0.4, 0.5) is 4.39 Å². The van der Waals surface area contributed by atoms with Crippen LogP contribution in [0.15, 0.2) is 29.2 Å². The normalized spacial score (nSPS) is 28.7. The highest BCUT2D eigenvalue weighted by Crippen LogP contribution is 2.30. The minimum Gasteiger partial charge on any atom is -0.298 e. The molecule has 0 unspecified atom stereocenters. The molecule has 0 saturated carbocycles. The Morgan fingerprint density at radius 1 is 1.00 bits per heavy atom. The van der Waals surface area contributed by atoms with Crippen molar-refractivity contribution in [2.75, 3.05) is 24.6 Å². The van der Waals surface area contributed by atoms with Gasteiger partial charge in [0.1, 0.15) is 5.82 Å². The summed E-state index contributed by atoms with van der Waals surface area (Å²) in [5.41, 5.74) is 0. The van der Waals surface area contributed by atoms with Gasteiger partial charge in [-0.2, -0.15) is 0 Å². The monoisotopic (exact) mass is 361 g/mol. The van der Waals surface area contributed by atoms with Crippen molar-refractivity contribution in [3.63, 3.8) is 0 Å². The summed E-state index contributed by atoms with van der Waals surface area (Å²) in [6, 6.07) is 4.10. The SMILES string of the molecule is O=S1(=O)C[C@H](N2CCCCC2)[C@@H](S(=O)(=O)c2ccc(F)cc2)C1. The Morgan fingerprint density at radius 2 is 1.61 bits per heavy atom. The third-order valence-electron chi connectivity index (χ3n) is 4.67. The molecule has 1 aromatic carbocycles. The third-order valence-corrected chi connectivity index (χ3v) is 8.81. The molecule has 2 atom stereocenters. The number of hydrogen-bond acceptors (Lipinski definition) is 5. The fourth-order valence-corrected chi connectivity index (χ4v) is 8.31. The Balaban J connectivity index is 1.95. The molecule has 8 heteroatoms. The number of rotatable bonds is 3. The number of likely N-dealkylation sites (tertiary alicyclic amines) is 1. The molecule has 0 N–H and O–H groups in total. The van der Waals surface area contributed by atoms with Gasteiger partial charge >= 0.3 is 0 Å². The molecule has 5 nitrogen and oxygen atoms in total. The molecular weight excluding hydrogens is 341 g/mol. The first-order chi connectivity index (χ1) is 10.8. The van der Waals surface area contributed by atoms with Crippen molar-refractivity contribution in [2.24, 2.45) is 0 Å². The van der Waals surface area contributed by atoms with Crippen LogP contribution in [-0.4, -0.2) is 57.6 Å². The Kier molecular flexibility index (Phi) is 4.50. The van der Waals surface area contributed by atoms with E-state index in [1.807, 2.05) is 4.90 Å². The second-order valence-corrected chi connectivity index (χ2v) is 10.6. The van der Waals surface area contributed by atoms with Crippen LogP contribution in [0.1, 0.15) is 19.3 Å². The summed E-state index contributed by atoms with van der Waals surface area (Å²) in [5.74, 6) is -0.984. The van der Waals surface area contributed by atoms with Gasteiger partial charge in [0.25, 0.3) is 0 Å². The van der Waals surface area contributed by atoms with Crippen molar-refractivity contribution in [1.29, 1.82) is 0 Å². The van der Waals surface area contributed by atoms with Gasteiger partial charge in [0.2, 0.25) is 0 Å². The summed E-state index contributed by atoms with van der Waals surface area (Å²) in [7, 11) is -7.20. The Morgan fingerprint density at radius 3 is 2.22 bits per heavy atom. The Labute approximate surface area is 136 Å². The van der Waals surface area contributed by atoms with Gasteiger partial charge in [-0.1, -0.05) is 6.42 Å². The van der Waals surface area contributed by atoms with Gasteiger partial charge < -0.3 is 0 Å². The summed E-state index contributed by atoms with van der Waals surface area (Å²) in [4.78, 5) is 1.99. The highest BCUT2D eigenvalue weighted by atomic mass is 32.2. The molecule has 2 aliphatic heterocycles. The lowest BCUT2D eigenvalue weighted by molar-refractivity contribution is 0.178. The Bertz CT molecular complexity index is 768. The maximum Gasteiger partial charge on any atom is 0.183 e. The minimum absolute atomic E-state index is 0.0111. The zero-order chi connectivity index (χ0) is 16.7. The number of benzene rings is 1. The zero-order valence-corrected chi connectivity index (χ0v) is 14.3. The predicted octanol–water partition coefficient (Wildman–Crippen LogP) is 1.25. The highest BCUT2D eigenvalue weighted by molar-refractivity contribution is 7.96. The van der Waals surface area contributed by atoms with Crippen molar-refractivity contribution in [3.8, 4) is 0 Å². The maximum atomic E-state index is 13.0. The van der Waals surface area contributed by atoms with E-state index in [4.69, 9.17) is 0 Å². The summed E-state index contributed by atoms with van der Waals surface area (Å²) < 4.78 is 62.9. The van der Waals surface area contributed by atoms with E-state index in [0.29, 0.717) is 0 Å². The molecule has 2 saturated heterocycles. The second kappa shape index (κ2) is 6.14. The molecular formula is C15H20FNO4S2. The predicted molar refractivity (Wildman–Crippen MR) is 85.2 cm³/mol. The van der Waals surface area contributed by atoms with Gasteiger partial charge in [-0.15, -0.1) is 0 Å². The van der Waals surface area contributed by atoms with Crippen LogP contribution in [0, 0.1) is 5.82 Å². The van der Waals surface area contributed by atoms with E-state index in [9.17, 15) is 21.2 Å². The summed E-state index contributed by atoms with van der Waals surface area (Å²) >= 11 is 0. The minimum atomic E-state index is -3.81. The average molecular weight is 361 g/mol. The van der Waals surface area contributed by atoms with Gasteiger partial charge in [0.15, 0.2) is 19.7 Å². The molecule has 2 heterocycles. The van der Waals surface area contributed by atoms with Crippen molar-refractivity contribution in [1.82, 2.24) is 4.90 Å². The molecule has 3 rings (SSSR count). The first-order valence-electron chi connectivity index (χ1n) is 7.73. The molecule has 128 valence electrons. The number of nitrogens with zero attached hydrogens (tertiary/aromatic N) is 1. The topological polar surface area (TPSA) is 71.5 Å². The van der Waals surface area contributed by atoms with E-state index in [2.05, 4.69) is 0 Å². The van der Waals surface area contributed by atoms with Gasteiger partial charge in [0.05, 0.1) is 21.7 Å². The Hall–Kier alpha value is -0.990. The van der Waals surface area contributed by atoms with E-state index in [-0.39, 0.29) is 16.4 Å². The molecule has 1 aromatic rings. The smallest absolute Gasteiger partial charge is 0.183 e. The largest absolute Gasteiger partial charge is 0.298 e. The number of sulfone groups is 2. The quantitative estimate of drug-likeness (QED) is 0.758. The van der Waals surface area contributed by atoms with Gasteiger partial charge in [0, 0.05) is 6.04 Å². The first kappa shape index (κ1) is 16.9. The van der Waals surface area contributed by atoms with Crippen LogP contribution in [-0.2, 0) is 19.7 Å². The van der Waals surface area contributed by atoms with Crippen LogP contribution in [0.2, 0.25) is 0 Å². The maximum absolute atomic E-state index is 13.0. The molecule has 0 aromatic heterocycles. The molecule has 2 aliphatic rings. The van der Waals surface area contributed by atoms with Crippen molar-refractivity contribution >= 4 is 19.7 Å². The van der Waals surface area contributed by atoms with Crippen molar-refractivity contribution in [2.45, 2.75) is 35.4 Å². The molecule has 0 amide bonds. The first-order valence-corrected chi connectivity index (χ1v) is 11.1. The van der Waals surface area contributed by atoms with E-state index in [0.717, 1.165) is 44.5 Å². The van der Waals surface area contributed by atoms with Crippen LogP contribution in [0.5, 0.6) is 0 Å². The van der Waals surface area contributed by atoms with E-state index in [1.54, 1.807) is 0 Å². The van der Waals surface area contributed by atoms with E-state index >= 15 is 0 Å². The van der Waals surface area contributed by atoms with E-state index < -0.39 is 36.8 Å². The summed E-state index contributed by atoms with van der Waals surface area (Å²) in [5, 5.41) is -0.976. The van der Waals surface area contributed by atoms with Gasteiger partial charge in [-0.3, -0.25) is 4.90 Å². The molecule has 0 spiro atoms. The average Bonchev–Trinajstić information content (AvgIpc) is 2.85. The number of piperidine rings is 1. The zero-order valence-electron chi connectivity index (χ0n) is 12.7. The fraction of sp³-hybridized carbons (Fsp3) is 0.600. The second-order valence-electron chi connectivity index (χ2n) is 6.28. The highest BCUT2D eigenvalue weighted by Gasteiger charge is 2.48. The molecule has 0 radical (unpaired) electrons. The molecule has 23 heavy (non-hydrogen) atoms. The standard InChI is InChI=1S/C15H20FNO4S2/c16-12-4-6-13(7-5-12)23(20,21)15-11-22(18,19)10-14(15)17-8-2-1-3-9-17/h4-7,14-15H,1-3,8-11H2/t14-,15-/m0/s1. The third kappa shape index (κ3) is 3.44. The van der Waals surface area contributed by atoms with Crippen LogP contribution in [0.3, 0.4) is 0 Å². The lowest BCUT2D eigenvalue weighted by Crippen LogP contribution is -2.48. The summed E-state index contributed by atoms with van der Waals surface area (Å²) in [6.45, 7) is 1.46.